The van der Waals surface area contributed by atoms with E-state index in [9.17, 15) is 4.79 Å². The Morgan fingerprint density at radius 3 is 2.53 bits per heavy atom. The van der Waals surface area contributed by atoms with Crippen LogP contribution in [-0.4, -0.2) is 17.8 Å². The fourth-order valence-electron chi connectivity index (χ4n) is 1.11. The molecule has 0 amide bonds. The molecule has 1 rings (SSSR count). The second-order valence-electron chi connectivity index (χ2n) is 3.10. The van der Waals surface area contributed by atoms with E-state index in [1.165, 1.54) is 6.08 Å². The highest BCUT2D eigenvalue weighted by Gasteiger charge is 2.06. The molecule has 0 spiro atoms. The molecule has 1 aromatic carbocycles. The standard InChI is InChI=1S/C13H13NO3/c1-3-10(9-12(14-2)13(15)16)17-11-7-5-4-6-8-11/h3-9H,2H2,1H3,(H,15,16)/b10-3+,12-9-. The molecular formula is C13H13NO3. The summed E-state index contributed by atoms with van der Waals surface area (Å²) in [5, 5.41) is 8.80. The molecule has 0 aromatic heterocycles. The van der Waals surface area contributed by atoms with Crippen LogP contribution in [0.15, 0.2) is 58.9 Å². The molecule has 88 valence electrons. The lowest BCUT2D eigenvalue weighted by Crippen LogP contribution is -2.00. The number of hydrogen-bond donors (Lipinski definition) is 1. The van der Waals surface area contributed by atoms with Crippen molar-refractivity contribution in [3.8, 4) is 5.75 Å². The van der Waals surface area contributed by atoms with E-state index in [1.54, 1.807) is 25.1 Å². The SMILES string of the molecule is C=N/C(=C\C(=C/C)Oc1ccccc1)C(=O)O. The minimum Gasteiger partial charge on any atom is -0.477 e. The monoisotopic (exact) mass is 231 g/mol. The van der Waals surface area contributed by atoms with Gasteiger partial charge in [-0.2, -0.15) is 0 Å². The van der Waals surface area contributed by atoms with Crippen molar-refractivity contribution < 1.29 is 14.6 Å². The predicted molar refractivity (Wildman–Crippen MR) is 66.1 cm³/mol. The van der Waals surface area contributed by atoms with Crippen LogP contribution >= 0.6 is 0 Å². The largest absolute Gasteiger partial charge is 0.477 e. The van der Waals surface area contributed by atoms with E-state index in [4.69, 9.17) is 9.84 Å². The number of carbonyl (C=O) groups is 1. The maximum absolute atomic E-state index is 10.7. The molecule has 0 heterocycles. The summed E-state index contributed by atoms with van der Waals surface area (Å²) in [6.07, 6.45) is 2.98. The molecule has 0 saturated carbocycles. The topological polar surface area (TPSA) is 58.9 Å². The van der Waals surface area contributed by atoms with E-state index >= 15 is 0 Å². The summed E-state index contributed by atoms with van der Waals surface area (Å²) in [5.74, 6) is -0.109. The van der Waals surface area contributed by atoms with Crippen LogP contribution in [-0.2, 0) is 4.79 Å². The third-order valence-corrected chi connectivity index (χ3v) is 1.93. The number of benzene rings is 1. The Labute approximate surface area is 99.6 Å². The van der Waals surface area contributed by atoms with E-state index in [1.807, 2.05) is 18.2 Å². The summed E-state index contributed by atoms with van der Waals surface area (Å²) < 4.78 is 5.48. The van der Waals surface area contributed by atoms with Crippen molar-refractivity contribution in [2.24, 2.45) is 4.99 Å². The first-order chi connectivity index (χ1) is 8.17. The van der Waals surface area contributed by atoms with Gasteiger partial charge < -0.3 is 9.84 Å². The number of hydrogen-bond acceptors (Lipinski definition) is 3. The summed E-state index contributed by atoms with van der Waals surface area (Å²) in [5.41, 5.74) is -0.158. The predicted octanol–water partition coefficient (Wildman–Crippen LogP) is 2.64. The number of rotatable bonds is 5. The van der Waals surface area contributed by atoms with E-state index < -0.39 is 5.97 Å². The van der Waals surface area contributed by atoms with Crippen LogP contribution < -0.4 is 4.74 Å². The Hall–Kier alpha value is -2.36. The zero-order valence-electron chi connectivity index (χ0n) is 9.46. The summed E-state index contributed by atoms with van der Waals surface area (Å²) in [6.45, 7) is 4.94. The van der Waals surface area contributed by atoms with Crippen LogP contribution in [0.3, 0.4) is 0 Å². The van der Waals surface area contributed by atoms with Crippen LogP contribution in [0, 0.1) is 0 Å². The van der Waals surface area contributed by atoms with Gasteiger partial charge in [0.1, 0.15) is 11.5 Å². The van der Waals surface area contributed by atoms with Gasteiger partial charge in [-0.05, 0) is 31.9 Å². The summed E-state index contributed by atoms with van der Waals surface area (Å²) in [4.78, 5) is 14.2. The molecule has 0 atom stereocenters. The number of nitrogens with zero attached hydrogens (tertiary/aromatic N) is 1. The molecule has 0 fully saturated rings. The Morgan fingerprint density at radius 1 is 1.41 bits per heavy atom. The van der Waals surface area contributed by atoms with Gasteiger partial charge in [0.05, 0.1) is 0 Å². The zero-order valence-corrected chi connectivity index (χ0v) is 9.46. The van der Waals surface area contributed by atoms with Crippen molar-refractivity contribution in [2.75, 3.05) is 0 Å². The first kappa shape index (κ1) is 12.7. The molecule has 0 unspecified atom stereocenters. The van der Waals surface area contributed by atoms with E-state index in [0.29, 0.717) is 11.5 Å². The van der Waals surface area contributed by atoms with Crippen LogP contribution in [0.2, 0.25) is 0 Å². The average molecular weight is 231 g/mol. The maximum atomic E-state index is 10.7. The van der Waals surface area contributed by atoms with Crippen molar-refractivity contribution in [1.82, 2.24) is 0 Å². The number of para-hydroxylation sites is 1. The third kappa shape index (κ3) is 3.95. The molecule has 4 nitrogen and oxygen atoms in total. The quantitative estimate of drug-likeness (QED) is 0.367. The van der Waals surface area contributed by atoms with Gasteiger partial charge in [-0.3, -0.25) is 4.99 Å². The summed E-state index contributed by atoms with van der Waals surface area (Å²) in [7, 11) is 0. The van der Waals surface area contributed by atoms with Crippen LogP contribution in [0.5, 0.6) is 5.75 Å². The second kappa shape index (κ2) is 6.27. The number of ether oxygens (including phenoxy) is 1. The molecule has 0 aliphatic heterocycles. The number of allylic oxidation sites excluding steroid dienone is 2. The highest BCUT2D eigenvalue weighted by Crippen LogP contribution is 2.14. The van der Waals surface area contributed by atoms with Gasteiger partial charge in [0.25, 0.3) is 0 Å². The Balaban J connectivity index is 2.88. The van der Waals surface area contributed by atoms with Gasteiger partial charge in [0.15, 0.2) is 5.70 Å². The summed E-state index contributed by atoms with van der Waals surface area (Å²) in [6, 6.07) is 9.08. The minimum absolute atomic E-state index is 0.158. The van der Waals surface area contributed by atoms with Crippen LogP contribution in [0.1, 0.15) is 6.92 Å². The highest BCUT2D eigenvalue weighted by molar-refractivity contribution is 5.87. The van der Waals surface area contributed by atoms with Gasteiger partial charge in [-0.15, -0.1) is 0 Å². The summed E-state index contributed by atoms with van der Waals surface area (Å²) >= 11 is 0. The van der Waals surface area contributed by atoms with E-state index in [2.05, 4.69) is 11.7 Å². The van der Waals surface area contributed by atoms with Gasteiger partial charge in [-0.25, -0.2) is 4.79 Å². The molecule has 0 bridgehead atoms. The van der Waals surface area contributed by atoms with Crippen molar-refractivity contribution in [1.29, 1.82) is 0 Å². The molecule has 17 heavy (non-hydrogen) atoms. The maximum Gasteiger partial charge on any atom is 0.354 e. The van der Waals surface area contributed by atoms with Crippen LogP contribution in [0.25, 0.3) is 0 Å². The third-order valence-electron chi connectivity index (χ3n) is 1.93. The first-order valence-electron chi connectivity index (χ1n) is 4.98. The Bertz CT molecular complexity index is 461. The first-order valence-corrected chi connectivity index (χ1v) is 4.98. The van der Waals surface area contributed by atoms with Crippen molar-refractivity contribution in [3.63, 3.8) is 0 Å². The van der Waals surface area contributed by atoms with Crippen molar-refractivity contribution in [3.05, 3.63) is 53.9 Å². The fourth-order valence-corrected chi connectivity index (χ4v) is 1.11. The van der Waals surface area contributed by atoms with Crippen molar-refractivity contribution in [2.45, 2.75) is 6.92 Å². The number of carboxylic acid groups (broad SMARTS) is 1. The number of aliphatic carboxylic acids is 1. The second-order valence-corrected chi connectivity index (χ2v) is 3.10. The molecular weight excluding hydrogens is 218 g/mol. The molecule has 4 heteroatoms. The zero-order chi connectivity index (χ0) is 12.7. The molecule has 1 aromatic rings. The molecule has 0 saturated heterocycles. The van der Waals surface area contributed by atoms with Gasteiger partial charge in [-0.1, -0.05) is 18.2 Å². The molecule has 0 radical (unpaired) electrons. The van der Waals surface area contributed by atoms with Gasteiger partial charge >= 0.3 is 5.97 Å². The minimum atomic E-state index is -1.14. The van der Waals surface area contributed by atoms with Crippen molar-refractivity contribution >= 4 is 12.7 Å². The molecule has 1 N–H and O–H groups in total. The Kier molecular flexibility index (Phi) is 4.69. The number of carboxylic acids is 1. The molecule has 0 aliphatic carbocycles. The van der Waals surface area contributed by atoms with Gasteiger partial charge in [0, 0.05) is 6.08 Å². The lowest BCUT2D eigenvalue weighted by molar-refractivity contribution is -0.132. The van der Waals surface area contributed by atoms with E-state index in [-0.39, 0.29) is 5.70 Å². The smallest absolute Gasteiger partial charge is 0.354 e. The molecule has 0 aliphatic rings. The Morgan fingerprint density at radius 2 is 2.06 bits per heavy atom. The van der Waals surface area contributed by atoms with Crippen LogP contribution in [0.4, 0.5) is 0 Å². The van der Waals surface area contributed by atoms with Gasteiger partial charge in [0.2, 0.25) is 0 Å². The lowest BCUT2D eigenvalue weighted by atomic mass is 10.3. The lowest BCUT2D eigenvalue weighted by Gasteiger charge is -2.06. The number of aliphatic imine (C=N–C) groups is 1. The van der Waals surface area contributed by atoms with E-state index in [0.717, 1.165) is 0 Å². The fraction of sp³-hybridized carbons (Fsp3) is 0.0769. The average Bonchev–Trinajstić information content (AvgIpc) is 2.35. The normalized spacial score (nSPS) is 12.1. The highest BCUT2D eigenvalue weighted by atomic mass is 16.5.